The number of aryl methyl sites for hydroxylation is 1. The van der Waals surface area contributed by atoms with Crippen molar-refractivity contribution in [2.24, 2.45) is 7.05 Å². The summed E-state index contributed by atoms with van der Waals surface area (Å²) in [5.41, 5.74) is 2.06. The molecule has 0 spiro atoms. The fourth-order valence-corrected chi connectivity index (χ4v) is 1.81. The Bertz CT molecular complexity index is 520. The summed E-state index contributed by atoms with van der Waals surface area (Å²) >= 11 is 0. The Morgan fingerprint density at radius 3 is 2.63 bits per heavy atom. The summed E-state index contributed by atoms with van der Waals surface area (Å²) in [6.07, 6.45) is 1.90. The molecular formula is C14H19N3O2. The Hall–Kier alpha value is -2.17. The van der Waals surface area contributed by atoms with Gasteiger partial charge in [0.15, 0.2) is 0 Å². The molecule has 0 atom stereocenters. The first-order valence-corrected chi connectivity index (χ1v) is 6.26. The van der Waals surface area contributed by atoms with Crippen molar-refractivity contribution in [3.63, 3.8) is 0 Å². The summed E-state index contributed by atoms with van der Waals surface area (Å²) in [6, 6.07) is 8.03. The summed E-state index contributed by atoms with van der Waals surface area (Å²) < 4.78 is 12.3. The Balaban J connectivity index is 1.97. The summed E-state index contributed by atoms with van der Waals surface area (Å²) in [5, 5.41) is 7.50. The van der Waals surface area contributed by atoms with Crippen LogP contribution in [-0.2, 0) is 13.6 Å². The van der Waals surface area contributed by atoms with E-state index in [1.54, 1.807) is 11.8 Å². The van der Waals surface area contributed by atoms with Crippen LogP contribution in [0.15, 0.2) is 30.5 Å². The zero-order chi connectivity index (χ0) is 13.7. The van der Waals surface area contributed by atoms with Gasteiger partial charge in [0.2, 0.25) is 0 Å². The molecule has 0 fully saturated rings. The van der Waals surface area contributed by atoms with Gasteiger partial charge in [-0.1, -0.05) is 12.1 Å². The molecule has 0 unspecified atom stereocenters. The highest BCUT2D eigenvalue weighted by Gasteiger charge is 2.06. The second kappa shape index (κ2) is 6.13. The normalized spacial score (nSPS) is 10.3. The second-order valence-corrected chi connectivity index (χ2v) is 4.16. The second-order valence-electron chi connectivity index (χ2n) is 4.16. The van der Waals surface area contributed by atoms with Crippen LogP contribution in [0, 0.1) is 0 Å². The predicted octanol–water partition coefficient (Wildman–Crippen LogP) is 2.44. The van der Waals surface area contributed by atoms with Gasteiger partial charge in [-0.2, -0.15) is 0 Å². The van der Waals surface area contributed by atoms with E-state index in [4.69, 9.17) is 9.47 Å². The molecule has 0 aliphatic carbocycles. The van der Waals surface area contributed by atoms with Crippen LogP contribution in [0.1, 0.15) is 12.5 Å². The van der Waals surface area contributed by atoms with E-state index >= 15 is 0 Å². The third-order valence-corrected chi connectivity index (χ3v) is 2.71. The molecule has 1 aromatic heterocycles. The molecule has 1 N–H and O–H groups in total. The molecule has 1 heterocycles. The number of aromatic nitrogens is 2. The monoisotopic (exact) mass is 261 g/mol. The van der Waals surface area contributed by atoms with Gasteiger partial charge in [-0.05, 0) is 24.6 Å². The highest BCUT2D eigenvalue weighted by molar-refractivity contribution is 5.51. The van der Waals surface area contributed by atoms with E-state index in [0.29, 0.717) is 19.0 Å². The van der Waals surface area contributed by atoms with Crippen molar-refractivity contribution >= 4 is 5.69 Å². The molecule has 2 rings (SSSR count). The maximum atomic E-state index is 5.41. The standard InChI is InChI=1S/C14H19N3O2/c1-4-19-12-7-5-11(6-8-12)9-15-13-10-17(2)16-14(13)18-3/h5-8,10,15H,4,9H2,1-3H3. The molecule has 5 heteroatoms. The Morgan fingerprint density at radius 2 is 2.00 bits per heavy atom. The molecule has 0 aliphatic rings. The van der Waals surface area contributed by atoms with Gasteiger partial charge in [0, 0.05) is 13.6 Å². The molecule has 0 amide bonds. The van der Waals surface area contributed by atoms with Crippen LogP contribution in [0.3, 0.4) is 0 Å². The van der Waals surface area contributed by atoms with E-state index in [1.807, 2.05) is 44.4 Å². The number of nitrogens with one attached hydrogen (secondary N) is 1. The van der Waals surface area contributed by atoms with Crippen molar-refractivity contribution in [3.8, 4) is 11.6 Å². The fraction of sp³-hybridized carbons (Fsp3) is 0.357. The highest BCUT2D eigenvalue weighted by atomic mass is 16.5. The first kappa shape index (κ1) is 13.3. The van der Waals surface area contributed by atoms with Gasteiger partial charge in [0.1, 0.15) is 11.4 Å². The van der Waals surface area contributed by atoms with Crippen LogP contribution >= 0.6 is 0 Å². The molecule has 1 aromatic carbocycles. The maximum absolute atomic E-state index is 5.41. The minimum Gasteiger partial charge on any atom is -0.494 e. The third-order valence-electron chi connectivity index (χ3n) is 2.71. The van der Waals surface area contributed by atoms with Crippen LogP contribution in [0.25, 0.3) is 0 Å². The molecule has 19 heavy (non-hydrogen) atoms. The Labute approximate surface area is 113 Å². The number of benzene rings is 1. The smallest absolute Gasteiger partial charge is 0.256 e. The molecule has 0 saturated heterocycles. The third kappa shape index (κ3) is 3.40. The number of rotatable bonds is 6. The van der Waals surface area contributed by atoms with Gasteiger partial charge in [0.25, 0.3) is 5.88 Å². The molecule has 0 aliphatic heterocycles. The van der Waals surface area contributed by atoms with Crippen LogP contribution in [0.4, 0.5) is 5.69 Å². The van der Waals surface area contributed by atoms with E-state index in [2.05, 4.69) is 10.4 Å². The van der Waals surface area contributed by atoms with Crippen molar-refractivity contribution in [2.75, 3.05) is 19.0 Å². The van der Waals surface area contributed by atoms with Gasteiger partial charge >= 0.3 is 0 Å². The van der Waals surface area contributed by atoms with Crippen LogP contribution < -0.4 is 14.8 Å². The summed E-state index contributed by atoms with van der Waals surface area (Å²) in [6.45, 7) is 3.38. The van der Waals surface area contributed by atoms with Gasteiger partial charge in [-0.3, -0.25) is 4.68 Å². The summed E-state index contributed by atoms with van der Waals surface area (Å²) in [5.74, 6) is 1.50. The van der Waals surface area contributed by atoms with Crippen molar-refractivity contribution in [1.82, 2.24) is 9.78 Å². The molecule has 102 valence electrons. The first-order valence-electron chi connectivity index (χ1n) is 6.26. The molecular weight excluding hydrogens is 242 g/mol. The molecule has 5 nitrogen and oxygen atoms in total. The van der Waals surface area contributed by atoms with Crippen LogP contribution in [-0.4, -0.2) is 23.5 Å². The lowest BCUT2D eigenvalue weighted by molar-refractivity contribution is 0.340. The lowest BCUT2D eigenvalue weighted by atomic mass is 10.2. The lowest BCUT2D eigenvalue weighted by Crippen LogP contribution is -2.00. The van der Waals surface area contributed by atoms with E-state index in [1.165, 1.54) is 5.56 Å². The number of hydrogen-bond acceptors (Lipinski definition) is 4. The SMILES string of the molecule is CCOc1ccc(CNc2cn(C)nc2OC)cc1. The zero-order valence-corrected chi connectivity index (χ0v) is 11.5. The van der Waals surface area contributed by atoms with Gasteiger partial charge < -0.3 is 14.8 Å². The fourth-order valence-electron chi connectivity index (χ4n) is 1.81. The van der Waals surface area contributed by atoms with E-state index in [0.717, 1.165) is 11.4 Å². The number of anilines is 1. The van der Waals surface area contributed by atoms with E-state index in [9.17, 15) is 0 Å². The van der Waals surface area contributed by atoms with Crippen molar-refractivity contribution < 1.29 is 9.47 Å². The maximum Gasteiger partial charge on any atom is 0.256 e. The van der Waals surface area contributed by atoms with Crippen LogP contribution in [0.2, 0.25) is 0 Å². The number of methoxy groups -OCH3 is 1. The lowest BCUT2D eigenvalue weighted by Gasteiger charge is -2.07. The molecule has 0 bridgehead atoms. The van der Waals surface area contributed by atoms with Crippen molar-refractivity contribution in [3.05, 3.63) is 36.0 Å². The number of nitrogens with zero attached hydrogens (tertiary/aromatic N) is 2. The average molecular weight is 261 g/mol. The molecule has 0 radical (unpaired) electrons. The van der Waals surface area contributed by atoms with Gasteiger partial charge in [-0.15, -0.1) is 5.10 Å². The quantitative estimate of drug-likeness (QED) is 0.867. The topological polar surface area (TPSA) is 48.3 Å². The van der Waals surface area contributed by atoms with Gasteiger partial charge in [0.05, 0.1) is 19.9 Å². The average Bonchev–Trinajstić information content (AvgIpc) is 2.79. The van der Waals surface area contributed by atoms with Crippen molar-refractivity contribution in [1.29, 1.82) is 0 Å². The minimum absolute atomic E-state index is 0.605. The summed E-state index contributed by atoms with van der Waals surface area (Å²) in [7, 11) is 3.48. The predicted molar refractivity (Wildman–Crippen MR) is 74.7 cm³/mol. The summed E-state index contributed by atoms with van der Waals surface area (Å²) in [4.78, 5) is 0. The number of ether oxygens (including phenoxy) is 2. The molecule has 0 saturated carbocycles. The van der Waals surface area contributed by atoms with E-state index in [-0.39, 0.29) is 0 Å². The Kier molecular flexibility index (Phi) is 4.28. The first-order chi connectivity index (χ1) is 9.22. The van der Waals surface area contributed by atoms with E-state index < -0.39 is 0 Å². The highest BCUT2D eigenvalue weighted by Crippen LogP contribution is 2.22. The minimum atomic E-state index is 0.605. The Morgan fingerprint density at radius 1 is 1.26 bits per heavy atom. The van der Waals surface area contributed by atoms with Gasteiger partial charge in [-0.25, -0.2) is 0 Å². The molecule has 2 aromatic rings. The van der Waals surface area contributed by atoms with Crippen LogP contribution in [0.5, 0.6) is 11.6 Å². The zero-order valence-electron chi connectivity index (χ0n) is 11.5. The van der Waals surface area contributed by atoms with Crippen molar-refractivity contribution in [2.45, 2.75) is 13.5 Å². The largest absolute Gasteiger partial charge is 0.494 e. The number of hydrogen-bond donors (Lipinski definition) is 1.